The Morgan fingerprint density at radius 1 is 1.12 bits per heavy atom. The molecule has 0 radical (unpaired) electrons. The molecule has 1 N–H and O–H groups in total. The third kappa shape index (κ3) is 5.94. The van der Waals surface area contributed by atoms with Crippen LogP contribution >= 0.6 is 0 Å². The van der Waals surface area contributed by atoms with Crippen LogP contribution in [0.2, 0.25) is 0 Å². The number of benzene rings is 2. The number of esters is 1. The van der Waals surface area contributed by atoms with E-state index in [0.717, 1.165) is 5.56 Å². The molecule has 0 saturated carbocycles. The van der Waals surface area contributed by atoms with Crippen LogP contribution in [0.4, 0.5) is 0 Å². The Morgan fingerprint density at radius 3 is 2.50 bits per heavy atom. The van der Waals surface area contributed by atoms with Crippen LogP contribution in [0, 0.1) is 6.92 Å². The number of rotatable bonds is 7. The van der Waals surface area contributed by atoms with Gasteiger partial charge in [0.15, 0.2) is 18.1 Å². The van der Waals surface area contributed by atoms with Crippen molar-refractivity contribution < 1.29 is 23.8 Å². The van der Waals surface area contributed by atoms with Gasteiger partial charge in [0, 0.05) is 6.92 Å². The molecule has 0 atom stereocenters. The van der Waals surface area contributed by atoms with Gasteiger partial charge in [-0.25, -0.2) is 5.43 Å². The standard InChI is InChI=1S/C19H20N2O5/c1-13-4-7-16(8-5-13)25-12-19(23)21-20-11-15-6-9-17(26-14(2)22)18(10-15)24-3/h4-11H,12H2,1-3H3,(H,21,23). The lowest BCUT2D eigenvalue weighted by atomic mass is 10.2. The molecule has 2 aromatic rings. The lowest BCUT2D eigenvalue weighted by molar-refractivity contribution is -0.132. The molecule has 1 amide bonds. The van der Waals surface area contributed by atoms with Crippen molar-refractivity contribution in [2.45, 2.75) is 13.8 Å². The van der Waals surface area contributed by atoms with Crippen molar-refractivity contribution in [2.24, 2.45) is 5.10 Å². The van der Waals surface area contributed by atoms with E-state index in [1.54, 1.807) is 30.3 Å². The molecule has 0 bridgehead atoms. The van der Waals surface area contributed by atoms with Gasteiger partial charge in [-0.05, 0) is 42.8 Å². The lowest BCUT2D eigenvalue weighted by Crippen LogP contribution is -2.24. The van der Waals surface area contributed by atoms with Crippen molar-refractivity contribution in [3.8, 4) is 17.2 Å². The van der Waals surface area contributed by atoms with Crippen molar-refractivity contribution >= 4 is 18.1 Å². The summed E-state index contributed by atoms with van der Waals surface area (Å²) in [6, 6.07) is 12.3. The number of nitrogens with zero attached hydrogens (tertiary/aromatic N) is 1. The Kier molecular flexibility index (Phi) is 6.73. The Bertz CT molecular complexity index is 800. The van der Waals surface area contributed by atoms with Crippen LogP contribution in [0.25, 0.3) is 0 Å². The summed E-state index contributed by atoms with van der Waals surface area (Å²) in [5.74, 6) is 0.488. The number of amides is 1. The molecule has 2 rings (SSSR count). The van der Waals surface area contributed by atoms with Gasteiger partial charge in [-0.1, -0.05) is 17.7 Å². The van der Waals surface area contributed by atoms with E-state index in [9.17, 15) is 9.59 Å². The Hall–Kier alpha value is -3.35. The van der Waals surface area contributed by atoms with Gasteiger partial charge in [0.05, 0.1) is 13.3 Å². The van der Waals surface area contributed by atoms with E-state index >= 15 is 0 Å². The summed E-state index contributed by atoms with van der Waals surface area (Å²) in [7, 11) is 1.47. The highest BCUT2D eigenvalue weighted by Gasteiger charge is 2.07. The smallest absolute Gasteiger partial charge is 0.308 e. The molecule has 26 heavy (non-hydrogen) atoms. The van der Waals surface area contributed by atoms with Crippen molar-refractivity contribution in [1.29, 1.82) is 0 Å². The van der Waals surface area contributed by atoms with Crippen molar-refractivity contribution in [3.05, 3.63) is 53.6 Å². The number of carbonyl (C=O) groups excluding carboxylic acids is 2. The molecular formula is C19H20N2O5. The first kappa shape index (κ1) is 19.0. The number of nitrogens with one attached hydrogen (secondary N) is 1. The molecule has 0 aliphatic rings. The number of methoxy groups -OCH3 is 1. The summed E-state index contributed by atoms with van der Waals surface area (Å²) < 4.78 is 15.5. The van der Waals surface area contributed by atoms with E-state index in [1.807, 2.05) is 19.1 Å². The maximum atomic E-state index is 11.7. The molecular weight excluding hydrogens is 336 g/mol. The topological polar surface area (TPSA) is 86.2 Å². The van der Waals surface area contributed by atoms with Gasteiger partial charge in [-0.15, -0.1) is 0 Å². The fourth-order valence-corrected chi connectivity index (χ4v) is 2.00. The molecule has 2 aromatic carbocycles. The quantitative estimate of drug-likeness (QED) is 0.356. The van der Waals surface area contributed by atoms with Crippen LogP contribution in [0.5, 0.6) is 17.2 Å². The first-order valence-corrected chi connectivity index (χ1v) is 7.86. The molecule has 0 aliphatic carbocycles. The number of hydrazone groups is 1. The average Bonchev–Trinajstić information content (AvgIpc) is 2.62. The van der Waals surface area contributed by atoms with Gasteiger partial charge in [0.1, 0.15) is 5.75 Å². The predicted octanol–water partition coefficient (Wildman–Crippen LogP) is 2.46. The summed E-state index contributed by atoms with van der Waals surface area (Å²) >= 11 is 0. The molecule has 136 valence electrons. The van der Waals surface area contributed by atoms with Gasteiger partial charge >= 0.3 is 5.97 Å². The molecule has 0 unspecified atom stereocenters. The number of ether oxygens (including phenoxy) is 3. The van der Waals surface area contributed by atoms with E-state index in [0.29, 0.717) is 22.8 Å². The number of hydrogen-bond acceptors (Lipinski definition) is 6. The van der Waals surface area contributed by atoms with Crippen LogP contribution in [0.1, 0.15) is 18.1 Å². The molecule has 0 fully saturated rings. The average molecular weight is 356 g/mol. The normalized spacial score (nSPS) is 10.4. The van der Waals surface area contributed by atoms with Gasteiger partial charge in [0.2, 0.25) is 0 Å². The molecule has 7 heteroatoms. The van der Waals surface area contributed by atoms with Crippen LogP contribution in [0.15, 0.2) is 47.6 Å². The van der Waals surface area contributed by atoms with E-state index in [1.165, 1.54) is 20.2 Å². The monoisotopic (exact) mass is 356 g/mol. The zero-order valence-corrected chi connectivity index (χ0v) is 14.8. The van der Waals surface area contributed by atoms with Crippen molar-refractivity contribution in [3.63, 3.8) is 0 Å². The second-order valence-corrected chi connectivity index (χ2v) is 5.40. The molecule has 0 aromatic heterocycles. The zero-order valence-electron chi connectivity index (χ0n) is 14.8. The first-order chi connectivity index (χ1) is 12.5. The van der Waals surface area contributed by atoms with Crippen LogP contribution in [-0.2, 0) is 9.59 Å². The Balaban J connectivity index is 1.87. The summed E-state index contributed by atoms with van der Waals surface area (Å²) in [6.07, 6.45) is 1.45. The third-order valence-electron chi connectivity index (χ3n) is 3.24. The summed E-state index contributed by atoms with van der Waals surface area (Å²) in [6.45, 7) is 3.14. The summed E-state index contributed by atoms with van der Waals surface area (Å²) in [4.78, 5) is 22.8. The predicted molar refractivity (Wildman–Crippen MR) is 96.7 cm³/mol. The number of aryl methyl sites for hydroxylation is 1. The highest BCUT2D eigenvalue weighted by Crippen LogP contribution is 2.27. The maximum Gasteiger partial charge on any atom is 0.308 e. The molecule has 0 aliphatic heterocycles. The van der Waals surface area contributed by atoms with Gasteiger partial charge < -0.3 is 14.2 Å². The van der Waals surface area contributed by atoms with E-state index in [-0.39, 0.29) is 12.5 Å². The summed E-state index contributed by atoms with van der Waals surface area (Å²) in [5.41, 5.74) is 4.15. The maximum absolute atomic E-state index is 11.7. The van der Waals surface area contributed by atoms with Crippen LogP contribution in [-0.4, -0.2) is 31.8 Å². The number of carbonyl (C=O) groups is 2. The second-order valence-electron chi connectivity index (χ2n) is 5.40. The molecule has 7 nitrogen and oxygen atoms in total. The minimum atomic E-state index is -0.439. The molecule has 0 saturated heterocycles. The van der Waals surface area contributed by atoms with E-state index in [2.05, 4.69) is 10.5 Å². The zero-order chi connectivity index (χ0) is 18.9. The summed E-state index contributed by atoms with van der Waals surface area (Å²) in [5, 5.41) is 3.87. The lowest BCUT2D eigenvalue weighted by Gasteiger charge is -2.08. The van der Waals surface area contributed by atoms with Gasteiger partial charge in [-0.2, -0.15) is 5.10 Å². The van der Waals surface area contributed by atoms with Gasteiger partial charge in [-0.3, -0.25) is 9.59 Å². The Labute approximate surface area is 151 Å². The highest BCUT2D eigenvalue weighted by molar-refractivity contribution is 5.84. The van der Waals surface area contributed by atoms with Crippen LogP contribution in [0.3, 0.4) is 0 Å². The van der Waals surface area contributed by atoms with Crippen LogP contribution < -0.4 is 19.6 Å². The second kappa shape index (κ2) is 9.22. The fourth-order valence-electron chi connectivity index (χ4n) is 2.00. The fraction of sp³-hybridized carbons (Fsp3) is 0.211. The van der Waals surface area contributed by atoms with Crippen molar-refractivity contribution in [2.75, 3.05) is 13.7 Å². The SMILES string of the molecule is COc1cc(C=NNC(=O)COc2ccc(C)cc2)ccc1OC(C)=O. The molecule has 0 heterocycles. The minimum absolute atomic E-state index is 0.144. The Morgan fingerprint density at radius 2 is 1.85 bits per heavy atom. The molecule has 0 spiro atoms. The van der Waals surface area contributed by atoms with E-state index in [4.69, 9.17) is 14.2 Å². The van der Waals surface area contributed by atoms with Gasteiger partial charge in [0.25, 0.3) is 5.91 Å². The van der Waals surface area contributed by atoms with Crippen molar-refractivity contribution in [1.82, 2.24) is 5.43 Å². The highest BCUT2D eigenvalue weighted by atomic mass is 16.6. The van der Waals surface area contributed by atoms with E-state index < -0.39 is 5.97 Å². The first-order valence-electron chi connectivity index (χ1n) is 7.86. The number of hydrogen-bond donors (Lipinski definition) is 1. The third-order valence-corrected chi connectivity index (χ3v) is 3.24. The largest absolute Gasteiger partial charge is 0.493 e. The minimum Gasteiger partial charge on any atom is -0.493 e.